The number of anilines is 1. The van der Waals surface area contributed by atoms with Crippen molar-refractivity contribution in [3.63, 3.8) is 0 Å². The maximum atomic E-state index is 5.78. The van der Waals surface area contributed by atoms with Crippen LogP contribution < -0.4 is 5.73 Å². The van der Waals surface area contributed by atoms with E-state index in [0.717, 1.165) is 17.9 Å². The molecule has 0 aliphatic carbocycles. The van der Waals surface area contributed by atoms with Gasteiger partial charge in [0.1, 0.15) is 0 Å². The maximum Gasteiger partial charge on any atom is 0.0316 e. The third-order valence-electron chi connectivity index (χ3n) is 3.31. The third kappa shape index (κ3) is 4.32. The lowest BCUT2D eigenvalue weighted by atomic mass is 10.1. The van der Waals surface area contributed by atoms with E-state index in [2.05, 4.69) is 44.2 Å². The highest BCUT2D eigenvalue weighted by Gasteiger charge is 1.98. The topological polar surface area (TPSA) is 26.0 Å². The average Bonchev–Trinajstić information content (AvgIpc) is 2.39. The zero-order valence-electron chi connectivity index (χ0n) is 11.6. The number of aryl methyl sites for hydroxylation is 3. The van der Waals surface area contributed by atoms with Gasteiger partial charge in [-0.05, 0) is 73.4 Å². The van der Waals surface area contributed by atoms with Crippen LogP contribution in [0.15, 0.2) is 47.4 Å². The number of benzene rings is 2. The van der Waals surface area contributed by atoms with Crippen molar-refractivity contribution in [1.82, 2.24) is 0 Å². The van der Waals surface area contributed by atoms with Crippen molar-refractivity contribution >= 4 is 17.4 Å². The second-order valence-corrected chi connectivity index (χ2v) is 6.11. The highest BCUT2D eigenvalue weighted by molar-refractivity contribution is 7.99. The average molecular weight is 271 g/mol. The minimum absolute atomic E-state index is 0.860. The fraction of sp³-hybridized carbons (Fsp3) is 0.294. The minimum atomic E-state index is 0.860. The lowest BCUT2D eigenvalue weighted by Gasteiger charge is -2.06. The maximum absolute atomic E-state index is 5.78. The van der Waals surface area contributed by atoms with Crippen molar-refractivity contribution in [2.75, 3.05) is 11.5 Å². The fourth-order valence-corrected chi connectivity index (χ4v) is 2.97. The Balaban J connectivity index is 1.79. The summed E-state index contributed by atoms with van der Waals surface area (Å²) < 4.78 is 0. The molecule has 100 valence electrons. The van der Waals surface area contributed by atoms with Gasteiger partial charge in [0.25, 0.3) is 0 Å². The van der Waals surface area contributed by atoms with E-state index in [0.29, 0.717) is 0 Å². The molecule has 2 heteroatoms. The summed E-state index contributed by atoms with van der Waals surface area (Å²) in [6.07, 6.45) is 2.28. The SMILES string of the molecule is Cc1ccc(SCCCc2cccc(N)c2)cc1C. The molecule has 2 rings (SSSR count). The Kier molecular flexibility index (Phi) is 4.92. The lowest BCUT2D eigenvalue weighted by molar-refractivity contribution is 0.933. The standard InChI is InChI=1S/C17H21NS/c1-13-8-9-17(11-14(13)2)19-10-4-6-15-5-3-7-16(18)12-15/h3,5,7-9,11-12H,4,6,10,18H2,1-2H3. The monoisotopic (exact) mass is 271 g/mol. The molecule has 0 aliphatic heterocycles. The molecule has 0 unspecified atom stereocenters. The Labute approximate surface area is 120 Å². The van der Waals surface area contributed by atoms with E-state index in [9.17, 15) is 0 Å². The zero-order valence-corrected chi connectivity index (χ0v) is 12.5. The summed E-state index contributed by atoms with van der Waals surface area (Å²) in [6.45, 7) is 4.33. The molecule has 0 amide bonds. The molecular weight excluding hydrogens is 250 g/mol. The molecule has 19 heavy (non-hydrogen) atoms. The summed E-state index contributed by atoms with van der Waals surface area (Å²) in [5.41, 5.74) is 10.7. The molecule has 0 saturated heterocycles. The van der Waals surface area contributed by atoms with E-state index in [4.69, 9.17) is 5.73 Å². The quantitative estimate of drug-likeness (QED) is 0.488. The molecular formula is C17H21NS. The van der Waals surface area contributed by atoms with Crippen LogP contribution in [-0.2, 0) is 6.42 Å². The molecule has 0 bridgehead atoms. The van der Waals surface area contributed by atoms with Crippen molar-refractivity contribution in [3.8, 4) is 0 Å². The summed E-state index contributed by atoms with van der Waals surface area (Å²) in [4.78, 5) is 1.37. The fourth-order valence-electron chi connectivity index (χ4n) is 2.02. The van der Waals surface area contributed by atoms with Gasteiger partial charge in [0.05, 0.1) is 0 Å². The van der Waals surface area contributed by atoms with Gasteiger partial charge in [-0.15, -0.1) is 11.8 Å². The molecule has 2 aromatic rings. The van der Waals surface area contributed by atoms with E-state index in [1.165, 1.54) is 28.0 Å². The van der Waals surface area contributed by atoms with E-state index < -0.39 is 0 Å². The molecule has 0 radical (unpaired) electrons. The molecule has 0 aliphatic rings. The van der Waals surface area contributed by atoms with Gasteiger partial charge >= 0.3 is 0 Å². The Morgan fingerprint density at radius 3 is 2.58 bits per heavy atom. The van der Waals surface area contributed by atoms with E-state index >= 15 is 0 Å². The number of thioether (sulfide) groups is 1. The van der Waals surface area contributed by atoms with Gasteiger partial charge in [0.15, 0.2) is 0 Å². The van der Waals surface area contributed by atoms with Gasteiger partial charge in [-0.3, -0.25) is 0 Å². The molecule has 1 nitrogen and oxygen atoms in total. The van der Waals surface area contributed by atoms with Gasteiger partial charge in [0.2, 0.25) is 0 Å². The van der Waals surface area contributed by atoms with Crippen LogP contribution >= 0.6 is 11.8 Å². The number of nitrogens with two attached hydrogens (primary N) is 1. The van der Waals surface area contributed by atoms with E-state index in [-0.39, 0.29) is 0 Å². The van der Waals surface area contributed by atoms with Crippen molar-refractivity contribution in [3.05, 3.63) is 59.2 Å². The van der Waals surface area contributed by atoms with Crippen LogP contribution in [0, 0.1) is 13.8 Å². The van der Waals surface area contributed by atoms with E-state index in [1.807, 2.05) is 23.9 Å². The van der Waals surface area contributed by atoms with Gasteiger partial charge < -0.3 is 5.73 Å². The predicted molar refractivity (Wildman–Crippen MR) is 85.8 cm³/mol. The summed E-state index contributed by atoms with van der Waals surface area (Å²) >= 11 is 1.94. The van der Waals surface area contributed by atoms with Crippen molar-refractivity contribution < 1.29 is 0 Å². The molecule has 2 N–H and O–H groups in total. The van der Waals surface area contributed by atoms with Crippen LogP contribution in [0.4, 0.5) is 5.69 Å². The molecule has 2 aromatic carbocycles. The van der Waals surface area contributed by atoms with Crippen LogP contribution in [0.1, 0.15) is 23.1 Å². The highest BCUT2D eigenvalue weighted by atomic mass is 32.2. The molecule has 0 saturated carbocycles. The first-order valence-electron chi connectivity index (χ1n) is 6.69. The summed E-state index contributed by atoms with van der Waals surface area (Å²) in [5.74, 6) is 1.15. The van der Waals surface area contributed by atoms with Crippen LogP contribution in [0.25, 0.3) is 0 Å². The normalized spacial score (nSPS) is 10.6. The first-order chi connectivity index (χ1) is 9.15. The van der Waals surface area contributed by atoms with Crippen molar-refractivity contribution in [2.24, 2.45) is 0 Å². The number of rotatable bonds is 5. The Morgan fingerprint density at radius 2 is 1.84 bits per heavy atom. The first-order valence-corrected chi connectivity index (χ1v) is 7.68. The second kappa shape index (κ2) is 6.67. The second-order valence-electron chi connectivity index (χ2n) is 4.94. The van der Waals surface area contributed by atoms with Gasteiger partial charge in [0, 0.05) is 10.6 Å². The highest BCUT2D eigenvalue weighted by Crippen LogP contribution is 2.22. The summed E-state index contributed by atoms with van der Waals surface area (Å²) in [7, 11) is 0. The first kappa shape index (κ1) is 14.0. The number of hydrogen-bond acceptors (Lipinski definition) is 2. The third-order valence-corrected chi connectivity index (χ3v) is 4.39. The smallest absolute Gasteiger partial charge is 0.0316 e. The van der Waals surface area contributed by atoms with Crippen molar-refractivity contribution in [2.45, 2.75) is 31.6 Å². The molecule has 0 fully saturated rings. The van der Waals surface area contributed by atoms with Gasteiger partial charge in [-0.25, -0.2) is 0 Å². The van der Waals surface area contributed by atoms with Gasteiger partial charge in [-0.1, -0.05) is 18.2 Å². The Hall–Kier alpha value is -1.41. The Bertz CT molecular complexity index is 549. The van der Waals surface area contributed by atoms with Crippen LogP contribution in [-0.4, -0.2) is 5.75 Å². The van der Waals surface area contributed by atoms with Crippen LogP contribution in [0.5, 0.6) is 0 Å². The molecule has 0 spiro atoms. The molecule has 0 heterocycles. The Morgan fingerprint density at radius 1 is 1.00 bits per heavy atom. The van der Waals surface area contributed by atoms with Crippen LogP contribution in [0.3, 0.4) is 0 Å². The summed E-state index contributed by atoms with van der Waals surface area (Å²) in [6, 6.07) is 14.9. The minimum Gasteiger partial charge on any atom is -0.399 e. The van der Waals surface area contributed by atoms with E-state index in [1.54, 1.807) is 0 Å². The van der Waals surface area contributed by atoms with Gasteiger partial charge in [-0.2, -0.15) is 0 Å². The zero-order chi connectivity index (χ0) is 13.7. The summed E-state index contributed by atoms with van der Waals surface area (Å²) in [5, 5.41) is 0. The number of nitrogen functional groups attached to an aromatic ring is 1. The predicted octanol–water partition coefficient (Wildman–Crippen LogP) is 4.61. The number of hydrogen-bond donors (Lipinski definition) is 1. The largest absolute Gasteiger partial charge is 0.399 e. The lowest BCUT2D eigenvalue weighted by Crippen LogP contribution is -1.91. The molecule has 0 aromatic heterocycles. The van der Waals surface area contributed by atoms with Crippen molar-refractivity contribution in [1.29, 1.82) is 0 Å². The van der Waals surface area contributed by atoms with Crippen LogP contribution in [0.2, 0.25) is 0 Å². The molecule has 0 atom stereocenters.